The molecule has 1 aliphatic rings. The summed E-state index contributed by atoms with van der Waals surface area (Å²) >= 11 is 0. The van der Waals surface area contributed by atoms with Crippen LogP contribution in [0.25, 0.3) is 0 Å². The van der Waals surface area contributed by atoms with E-state index in [0.29, 0.717) is 0 Å². The largest absolute Gasteiger partial charge is 0.457 e. The fourth-order valence-electron chi connectivity index (χ4n) is 2.86. The smallest absolute Gasteiger partial charge is 0.309 e. The Kier molecular flexibility index (Phi) is 5.63. The molecule has 0 N–H and O–H groups in total. The molecule has 1 aliphatic heterocycles. The van der Waals surface area contributed by atoms with E-state index in [4.69, 9.17) is 4.74 Å². The molecule has 0 aliphatic carbocycles. The number of unbranched alkanes of at least 4 members (excludes halogenated alkanes) is 3. The Morgan fingerprint density at radius 2 is 1.85 bits per heavy atom. The third-order valence-electron chi connectivity index (χ3n) is 4.22. The van der Waals surface area contributed by atoms with E-state index in [1.165, 1.54) is 24.8 Å². The average molecular weight is 274 g/mol. The summed E-state index contributed by atoms with van der Waals surface area (Å²) in [5.41, 5.74) is 2.37. The number of esters is 1. The summed E-state index contributed by atoms with van der Waals surface area (Å²) in [6.45, 7) is 4.28. The van der Waals surface area contributed by atoms with E-state index in [0.717, 1.165) is 31.2 Å². The molecule has 0 bridgehead atoms. The van der Waals surface area contributed by atoms with Gasteiger partial charge in [-0.1, -0.05) is 62.4 Å². The lowest BCUT2D eigenvalue weighted by molar-refractivity contribution is -0.161. The summed E-state index contributed by atoms with van der Waals surface area (Å²) in [6, 6.07) is 8.32. The van der Waals surface area contributed by atoms with Gasteiger partial charge in [-0.15, -0.1) is 0 Å². The zero-order valence-corrected chi connectivity index (χ0v) is 12.7. The molecule has 1 saturated heterocycles. The van der Waals surface area contributed by atoms with Crippen molar-refractivity contribution in [3.05, 3.63) is 35.4 Å². The zero-order chi connectivity index (χ0) is 14.4. The van der Waals surface area contributed by atoms with Crippen LogP contribution in [-0.4, -0.2) is 5.97 Å². The van der Waals surface area contributed by atoms with Crippen LogP contribution in [0.2, 0.25) is 0 Å². The predicted molar refractivity (Wildman–Crippen MR) is 81.5 cm³/mol. The van der Waals surface area contributed by atoms with Crippen molar-refractivity contribution in [1.29, 1.82) is 0 Å². The van der Waals surface area contributed by atoms with Crippen LogP contribution in [0.1, 0.15) is 69.1 Å². The van der Waals surface area contributed by atoms with Gasteiger partial charge in [0, 0.05) is 0 Å². The van der Waals surface area contributed by atoms with Gasteiger partial charge in [0.15, 0.2) is 0 Å². The summed E-state index contributed by atoms with van der Waals surface area (Å²) in [7, 11) is 0. The highest BCUT2D eigenvalue weighted by Crippen LogP contribution is 2.33. The summed E-state index contributed by atoms with van der Waals surface area (Å²) in [5.74, 6) is 0.145. The molecule has 2 rings (SSSR count). The zero-order valence-electron chi connectivity index (χ0n) is 12.7. The maximum atomic E-state index is 12.1. The number of rotatable bonds is 6. The lowest BCUT2D eigenvalue weighted by atomic mass is 9.90. The lowest BCUT2D eigenvalue weighted by Gasteiger charge is -2.28. The summed E-state index contributed by atoms with van der Waals surface area (Å²) in [6.07, 6.45) is 7.81. The fourth-order valence-corrected chi connectivity index (χ4v) is 2.86. The van der Waals surface area contributed by atoms with Gasteiger partial charge in [0.25, 0.3) is 0 Å². The normalized spacial score (nSPS) is 22.6. The molecular formula is C18H26O2. The molecule has 0 aromatic heterocycles. The Bertz CT molecular complexity index is 422. The van der Waals surface area contributed by atoms with Crippen LogP contribution in [0, 0.1) is 12.8 Å². The molecule has 2 nitrogen and oxygen atoms in total. The van der Waals surface area contributed by atoms with Crippen molar-refractivity contribution in [2.75, 3.05) is 0 Å². The van der Waals surface area contributed by atoms with Crippen molar-refractivity contribution in [2.45, 2.75) is 64.9 Å². The monoisotopic (exact) mass is 274 g/mol. The number of cyclic esters (lactones) is 1. The van der Waals surface area contributed by atoms with Gasteiger partial charge in [-0.05, 0) is 31.7 Å². The second-order valence-electron chi connectivity index (χ2n) is 5.96. The van der Waals surface area contributed by atoms with Gasteiger partial charge in [0.05, 0.1) is 5.92 Å². The molecule has 0 saturated carbocycles. The van der Waals surface area contributed by atoms with Crippen molar-refractivity contribution < 1.29 is 9.53 Å². The molecule has 0 spiro atoms. The van der Waals surface area contributed by atoms with Gasteiger partial charge in [0.2, 0.25) is 0 Å². The third kappa shape index (κ3) is 4.09. The van der Waals surface area contributed by atoms with E-state index in [1.54, 1.807) is 0 Å². The molecule has 1 aromatic carbocycles. The standard InChI is InChI=1S/C18H26O2/c1-3-4-5-6-7-16-12-13-17(20-18(16)19)15-10-8-14(2)9-11-15/h8-11,16-17H,3-7,12-13H2,1-2H3. The molecule has 1 heterocycles. The number of ether oxygens (including phenoxy) is 1. The number of carbonyl (C=O) groups excluding carboxylic acids is 1. The van der Waals surface area contributed by atoms with Gasteiger partial charge in [-0.2, -0.15) is 0 Å². The van der Waals surface area contributed by atoms with Gasteiger partial charge < -0.3 is 4.74 Å². The number of hydrogen-bond acceptors (Lipinski definition) is 2. The molecule has 1 fully saturated rings. The van der Waals surface area contributed by atoms with Gasteiger partial charge >= 0.3 is 5.97 Å². The molecule has 1 aromatic rings. The summed E-state index contributed by atoms with van der Waals surface area (Å²) in [4.78, 5) is 12.1. The fraction of sp³-hybridized carbons (Fsp3) is 0.611. The second-order valence-corrected chi connectivity index (χ2v) is 5.96. The molecule has 2 atom stereocenters. The Balaban J connectivity index is 1.82. The van der Waals surface area contributed by atoms with Crippen LogP contribution in [0.4, 0.5) is 0 Å². The van der Waals surface area contributed by atoms with E-state index in [2.05, 4.69) is 38.1 Å². The van der Waals surface area contributed by atoms with Crippen molar-refractivity contribution in [3.8, 4) is 0 Å². The van der Waals surface area contributed by atoms with E-state index >= 15 is 0 Å². The van der Waals surface area contributed by atoms with Gasteiger partial charge in [0.1, 0.15) is 6.10 Å². The predicted octanol–water partition coefficient (Wildman–Crippen LogP) is 4.96. The topological polar surface area (TPSA) is 26.3 Å². The molecule has 0 radical (unpaired) electrons. The van der Waals surface area contributed by atoms with E-state index in [9.17, 15) is 4.79 Å². The minimum absolute atomic E-state index is 0.0123. The Hall–Kier alpha value is -1.31. The van der Waals surface area contributed by atoms with E-state index in [-0.39, 0.29) is 18.0 Å². The van der Waals surface area contributed by atoms with Crippen LogP contribution in [-0.2, 0) is 9.53 Å². The summed E-state index contributed by atoms with van der Waals surface area (Å²) in [5, 5.41) is 0. The van der Waals surface area contributed by atoms with Crippen molar-refractivity contribution in [1.82, 2.24) is 0 Å². The van der Waals surface area contributed by atoms with Crippen LogP contribution in [0.15, 0.2) is 24.3 Å². The van der Waals surface area contributed by atoms with Crippen LogP contribution in [0.5, 0.6) is 0 Å². The van der Waals surface area contributed by atoms with E-state index in [1.807, 2.05) is 0 Å². The third-order valence-corrected chi connectivity index (χ3v) is 4.22. The van der Waals surface area contributed by atoms with Crippen LogP contribution >= 0.6 is 0 Å². The SMILES string of the molecule is CCCCCCC1CCC(c2ccc(C)cc2)OC1=O. The minimum atomic E-state index is -0.0324. The number of hydrogen-bond donors (Lipinski definition) is 0. The van der Waals surface area contributed by atoms with Crippen molar-refractivity contribution in [3.63, 3.8) is 0 Å². The number of aryl methyl sites for hydroxylation is 1. The highest BCUT2D eigenvalue weighted by atomic mass is 16.5. The molecule has 20 heavy (non-hydrogen) atoms. The Morgan fingerprint density at radius 1 is 1.10 bits per heavy atom. The highest BCUT2D eigenvalue weighted by molar-refractivity contribution is 5.73. The Labute approximate surface area is 122 Å². The first-order valence-corrected chi connectivity index (χ1v) is 7.97. The van der Waals surface area contributed by atoms with Crippen LogP contribution in [0.3, 0.4) is 0 Å². The molecular weight excluding hydrogens is 248 g/mol. The molecule has 2 unspecified atom stereocenters. The first kappa shape index (κ1) is 15.1. The molecule has 0 amide bonds. The Morgan fingerprint density at radius 3 is 2.50 bits per heavy atom. The van der Waals surface area contributed by atoms with Crippen LogP contribution < -0.4 is 0 Å². The number of carbonyl (C=O) groups is 1. The molecule has 2 heteroatoms. The van der Waals surface area contributed by atoms with Crippen molar-refractivity contribution >= 4 is 5.97 Å². The average Bonchev–Trinajstić information content (AvgIpc) is 2.46. The van der Waals surface area contributed by atoms with E-state index < -0.39 is 0 Å². The number of benzene rings is 1. The van der Waals surface area contributed by atoms with Gasteiger partial charge in [-0.25, -0.2) is 0 Å². The minimum Gasteiger partial charge on any atom is -0.457 e. The lowest BCUT2D eigenvalue weighted by Crippen LogP contribution is -2.26. The van der Waals surface area contributed by atoms with Crippen molar-refractivity contribution in [2.24, 2.45) is 5.92 Å². The first-order valence-electron chi connectivity index (χ1n) is 7.97. The maximum absolute atomic E-state index is 12.1. The first-order chi connectivity index (χ1) is 9.70. The second kappa shape index (κ2) is 7.47. The van der Waals surface area contributed by atoms with Gasteiger partial charge in [-0.3, -0.25) is 4.79 Å². The maximum Gasteiger partial charge on any atom is 0.309 e. The quantitative estimate of drug-likeness (QED) is 0.541. The highest BCUT2D eigenvalue weighted by Gasteiger charge is 2.30. The molecule has 110 valence electrons. The summed E-state index contributed by atoms with van der Waals surface area (Å²) < 4.78 is 5.64.